The molecule has 7 heteroatoms. The monoisotopic (exact) mass is 293 g/mol. The number of rotatable bonds is 1. The summed E-state index contributed by atoms with van der Waals surface area (Å²) in [7, 11) is 0. The number of halogens is 2. The zero-order valence-electron chi connectivity index (χ0n) is 11.1. The number of amides is 1. The lowest BCUT2D eigenvalue weighted by Gasteiger charge is -2.38. The molecule has 0 N–H and O–H groups in total. The molecule has 2 unspecified atom stereocenters. The molecule has 1 aromatic carbocycles. The van der Waals surface area contributed by atoms with E-state index in [2.05, 4.69) is 10.4 Å². The van der Waals surface area contributed by atoms with Gasteiger partial charge in [-0.25, -0.2) is 8.78 Å². The molecule has 0 radical (unpaired) electrons. The third-order valence-electron chi connectivity index (χ3n) is 4.42. The molecule has 2 aliphatic rings. The molecule has 3 heterocycles. The van der Waals surface area contributed by atoms with Gasteiger partial charge in [-0.05, 0) is 31.0 Å². The Labute approximate surface area is 118 Å². The highest BCUT2D eigenvalue weighted by molar-refractivity contribution is 5.97. The molecule has 2 aromatic rings. The third-order valence-corrected chi connectivity index (χ3v) is 4.42. The second kappa shape index (κ2) is 4.22. The summed E-state index contributed by atoms with van der Waals surface area (Å²) in [6.45, 7) is 0. The minimum atomic E-state index is -2.65. The van der Waals surface area contributed by atoms with Crippen LogP contribution < -0.4 is 0 Å². The van der Waals surface area contributed by atoms with Gasteiger partial charge in [-0.2, -0.15) is 0 Å². The smallest absolute Gasteiger partial charge is 0.254 e. The summed E-state index contributed by atoms with van der Waals surface area (Å²) >= 11 is 0. The predicted molar refractivity (Wildman–Crippen MR) is 69.0 cm³/mol. The summed E-state index contributed by atoms with van der Waals surface area (Å²) in [5.74, 6) is -2.86. The quantitative estimate of drug-likeness (QED) is 0.811. The Bertz CT molecular complexity index is 699. The van der Waals surface area contributed by atoms with Crippen molar-refractivity contribution in [2.75, 3.05) is 0 Å². The lowest BCUT2D eigenvalue weighted by Crippen LogP contribution is -2.50. The largest absolute Gasteiger partial charge is 0.337 e. The van der Waals surface area contributed by atoms with Gasteiger partial charge < -0.3 is 9.42 Å². The van der Waals surface area contributed by atoms with Crippen LogP contribution in [0.5, 0.6) is 0 Å². The van der Waals surface area contributed by atoms with E-state index >= 15 is 0 Å². The molecule has 2 atom stereocenters. The van der Waals surface area contributed by atoms with Crippen LogP contribution in [-0.4, -0.2) is 39.2 Å². The molecule has 5 nitrogen and oxygen atoms in total. The maximum Gasteiger partial charge on any atom is 0.254 e. The van der Waals surface area contributed by atoms with Gasteiger partial charge in [0.15, 0.2) is 5.58 Å². The van der Waals surface area contributed by atoms with Crippen molar-refractivity contribution in [1.29, 1.82) is 0 Å². The Morgan fingerprint density at radius 1 is 1.29 bits per heavy atom. The lowest BCUT2D eigenvalue weighted by atomic mass is 9.97. The number of nitrogens with zero attached hydrogens (tertiary/aromatic N) is 3. The zero-order valence-corrected chi connectivity index (χ0v) is 11.1. The minimum absolute atomic E-state index is 0.206. The summed E-state index contributed by atoms with van der Waals surface area (Å²) in [6.07, 6.45) is 0.839. The number of alkyl halides is 2. The molecule has 4 rings (SSSR count). The fraction of sp³-hybridized carbons (Fsp3) is 0.500. The van der Waals surface area contributed by atoms with Crippen LogP contribution in [0.25, 0.3) is 11.1 Å². The minimum Gasteiger partial charge on any atom is -0.337 e. The zero-order chi connectivity index (χ0) is 14.6. The Morgan fingerprint density at radius 2 is 2.00 bits per heavy atom. The first-order valence-corrected chi connectivity index (χ1v) is 6.96. The fourth-order valence-electron chi connectivity index (χ4n) is 3.53. The molecule has 110 valence electrons. The first-order valence-electron chi connectivity index (χ1n) is 6.96. The first kappa shape index (κ1) is 12.7. The van der Waals surface area contributed by atoms with Gasteiger partial charge in [0.2, 0.25) is 0 Å². The molecule has 0 saturated carbocycles. The van der Waals surface area contributed by atoms with E-state index in [9.17, 15) is 13.6 Å². The molecule has 2 aliphatic heterocycles. The maximum absolute atomic E-state index is 13.6. The molecule has 2 saturated heterocycles. The van der Waals surface area contributed by atoms with E-state index in [-0.39, 0.29) is 30.8 Å². The normalized spacial score (nSPS) is 27.2. The summed E-state index contributed by atoms with van der Waals surface area (Å²) in [5.41, 5.74) is 1.44. The van der Waals surface area contributed by atoms with Crippen molar-refractivity contribution >= 4 is 17.0 Å². The van der Waals surface area contributed by atoms with Crippen LogP contribution in [0.2, 0.25) is 0 Å². The molecule has 21 heavy (non-hydrogen) atoms. The summed E-state index contributed by atoms with van der Waals surface area (Å²) in [5, 5.41) is 7.20. The molecule has 2 fully saturated rings. The summed E-state index contributed by atoms with van der Waals surface area (Å²) in [6, 6.07) is 4.13. The van der Waals surface area contributed by atoms with Gasteiger partial charge in [0.05, 0.1) is 0 Å². The maximum atomic E-state index is 13.6. The average Bonchev–Trinajstić information content (AvgIpc) is 3.00. The summed E-state index contributed by atoms with van der Waals surface area (Å²) in [4.78, 5) is 14.3. The van der Waals surface area contributed by atoms with E-state index < -0.39 is 5.92 Å². The van der Waals surface area contributed by atoms with Crippen LogP contribution in [0, 0.1) is 0 Å². The van der Waals surface area contributed by atoms with Crippen LogP contribution in [0.15, 0.2) is 22.7 Å². The van der Waals surface area contributed by atoms with Crippen molar-refractivity contribution in [3.63, 3.8) is 0 Å². The van der Waals surface area contributed by atoms with Crippen molar-refractivity contribution in [2.24, 2.45) is 0 Å². The Balaban J connectivity index is 1.66. The van der Waals surface area contributed by atoms with E-state index in [0.29, 0.717) is 29.5 Å². The van der Waals surface area contributed by atoms with Gasteiger partial charge in [-0.1, -0.05) is 0 Å². The van der Waals surface area contributed by atoms with Crippen molar-refractivity contribution in [1.82, 2.24) is 15.3 Å². The number of aromatic nitrogens is 2. The van der Waals surface area contributed by atoms with Crippen LogP contribution in [0.1, 0.15) is 36.0 Å². The van der Waals surface area contributed by atoms with Gasteiger partial charge in [0, 0.05) is 35.8 Å². The summed E-state index contributed by atoms with van der Waals surface area (Å²) < 4.78 is 32.1. The molecule has 0 aliphatic carbocycles. The van der Waals surface area contributed by atoms with Crippen LogP contribution in [0.3, 0.4) is 0 Å². The van der Waals surface area contributed by atoms with Gasteiger partial charge in [-0.3, -0.25) is 4.79 Å². The third kappa shape index (κ3) is 1.99. The van der Waals surface area contributed by atoms with Gasteiger partial charge >= 0.3 is 0 Å². The van der Waals surface area contributed by atoms with Crippen LogP contribution in [-0.2, 0) is 0 Å². The Morgan fingerprint density at radius 3 is 2.71 bits per heavy atom. The number of hydrogen-bond acceptors (Lipinski definition) is 4. The molecule has 1 aromatic heterocycles. The van der Waals surface area contributed by atoms with Crippen molar-refractivity contribution < 1.29 is 18.1 Å². The van der Waals surface area contributed by atoms with Crippen LogP contribution >= 0.6 is 0 Å². The number of carbonyl (C=O) groups is 1. The van der Waals surface area contributed by atoms with Crippen molar-refractivity contribution in [3.8, 4) is 0 Å². The first-order chi connectivity index (χ1) is 10.0. The van der Waals surface area contributed by atoms with Crippen molar-refractivity contribution in [2.45, 2.75) is 43.7 Å². The second-order valence-electron chi connectivity index (χ2n) is 5.82. The van der Waals surface area contributed by atoms with E-state index in [0.717, 1.165) is 0 Å². The van der Waals surface area contributed by atoms with E-state index in [1.54, 1.807) is 23.1 Å². The Hall–Kier alpha value is -2.05. The second-order valence-corrected chi connectivity index (χ2v) is 5.82. The average molecular weight is 293 g/mol. The fourth-order valence-corrected chi connectivity index (χ4v) is 3.53. The molecule has 0 spiro atoms. The number of fused-ring (bicyclic) bond motifs is 3. The van der Waals surface area contributed by atoms with E-state index in [4.69, 9.17) is 4.52 Å². The van der Waals surface area contributed by atoms with E-state index in [1.807, 2.05) is 0 Å². The highest BCUT2D eigenvalue weighted by Gasteiger charge is 2.51. The highest BCUT2D eigenvalue weighted by Crippen LogP contribution is 2.44. The highest BCUT2D eigenvalue weighted by atomic mass is 19.3. The molecular weight excluding hydrogens is 280 g/mol. The number of benzene rings is 1. The topological polar surface area (TPSA) is 59.2 Å². The lowest BCUT2D eigenvalue weighted by molar-refractivity contribution is -0.0735. The van der Waals surface area contributed by atoms with Crippen molar-refractivity contribution in [3.05, 3.63) is 23.8 Å². The molecular formula is C14H13F2N3O2. The van der Waals surface area contributed by atoms with Gasteiger partial charge in [0.25, 0.3) is 11.8 Å². The number of piperidine rings is 1. The molecule has 1 amide bonds. The van der Waals surface area contributed by atoms with Crippen LogP contribution in [0.4, 0.5) is 8.78 Å². The standard InChI is InChI=1S/C14H13F2N3O2/c15-14(16)6-9-2-3-10(7-14)19(9)13(20)8-1-4-12-11(5-8)17-18-21-12/h1,4-5,9-10H,2-3,6-7H2. The Kier molecular flexibility index (Phi) is 2.55. The van der Waals surface area contributed by atoms with Gasteiger partial charge in [-0.15, -0.1) is 5.10 Å². The van der Waals surface area contributed by atoms with E-state index in [1.165, 1.54) is 0 Å². The SMILES string of the molecule is O=C(c1ccc2onnc2c1)N1C2CCC1CC(F)(F)C2. The predicted octanol–water partition coefficient (Wildman–Crippen LogP) is 2.63. The number of carbonyl (C=O) groups excluding carboxylic acids is 1. The van der Waals surface area contributed by atoms with Gasteiger partial charge in [0.1, 0.15) is 5.52 Å². The number of hydrogen-bond donors (Lipinski definition) is 0. The molecule has 2 bridgehead atoms.